The van der Waals surface area contributed by atoms with E-state index in [-0.39, 0.29) is 5.83 Å². The fourth-order valence-corrected chi connectivity index (χ4v) is 4.50. The van der Waals surface area contributed by atoms with Crippen LogP contribution in [-0.4, -0.2) is 45.2 Å². The van der Waals surface area contributed by atoms with Gasteiger partial charge in [-0.1, -0.05) is 30.3 Å². The molecule has 3 nitrogen and oxygen atoms in total. The highest BCUT2D eigenvalue weighted by Crippen LogP contribution is 2.43. The first-order chi connectivity index (χ1) is 13.7. The van der Waals surface area contributed by atoms with Crippen LogP contribution in [0.15, 0.2) is 42.5 Å². The maximum absolute atomic E-state index is 15.3. The minimum absolute atomic E-state index is 0.0900. The summed E-state index contributed by atoms with van der Waals surface area (Å²) in [5.41, 5.74) is 4.73. The molecule has 28 heavy (non-hydrogen) atoms. The average Bonchev–Trinajstić information content (AvgIpc) is 3.08. The van der Waals surface area contributed by atoms with Gasteiger partial charge in [0.1, 0.15) is 11.6 Å². The van der Waals surface area contributed by atoms with Gasteiger partial charge < -0.3 is 15.0 Å². The van der Waals surface area contributed by atoms with Gasteiger partial charge in [-0.3, -0.25) is 0 Å². The van der Waals surface area contributed by atoms with Crippen molar-refractivity contribution in [1.82, 2.24) is 10.2 Å². The number of nitrogens with one attached hydrogen (secondary N) is 1. The topological polar surface area (TPSA) is 24.5 Å². The number of likely N-dealkylation sites (N-methyl/N-ethyl adjacent to an activating group) is 1. The summed E-state index contributed by atoms with van der Waals surface area (Å²) in [6.07, 6.45) is 2.92. The fraction of sp³-hybridized carbons (Fsp3) is 0.417. The highest BCUT2D eigenvalue weighted by molar-refractivity contribution is 5.95. The van der Waals surface area contributed by atoms with Gasteiger partial charge in [0.2, 0.25) is 0 Å². The summed E-state index contributed by atoms with van der Waals surface area (Å²) in [7, 11) is 3.64. The molecule has 1 aliphatic carbocycles. The van der Waals surface area contributed by atoms with Gasteiger partial charge in [-0.15, -0.1) is 0 Å². The number of para-hydroxylation sites is 1. The standard InChI is InChI=1S/C24H29FN2O/c1-26-11-14-27-12-9-17(10-13-27)18-7-8-19-16-22(24(25)21(19)15-18)20-5-3-4-6-23(20)28-2/h3-8,15,17,26H,9-14,16H2,1-2H3. The number of nitrogens with zero attached hydrogens (tertiary/aromatic N) is 1. The molecule has 4 rings (SSSR count). The Kier molecular flexibility index (Phi) is 5.79. The van der Waals surface area contributed by atoms with Crippen molar-refractivity contribution in [1.29, 1.82) is 0 Å². The first-order valence-electron chi connectivity index (χ1n) is 10.2. The van der Waals surface area contributed by atoms with E-state index in [9.17, 15) is 0 Å². The highest BCUT2D eigenvalue weighted by Gasteiger charge is 2.27. The Morgan fingerprint density at radius 3 is 2.64 bits per heavy atom. The second-order valence-corrected chi connectivity index (χ2v) is 7.81. The van der Waals surface area contributed by atoms with E-state index in [2.05, 4.69) is 28.4 Å². The summed E-state index contributed by atoms with van der Waals surface area (Å²) in [4.78, 5) is 2.51. The smallest absolute Gasteiger partial charge is 0.134 e. The van der Waals surface area contributed by atoms with Crippen LogP contribution in [0.1, 0.15) is 41.0 Å². The monoisotopic (exact) mass is 380 g/mol. The Morgan fingerprint density at radius 2 is 1.89 bits per heavy atom. The minimum Gasteiger partial charge on any atom is -0.496 e. The average molecular weight is 381 g/mol. The van der Waals surface area contributed by atoms with Gasteiger partial charge in [0.25, 0.3) is 0 Å². The van der Waals surface area contributed by atoms with Crippen LogP contribution in [-0.2, 0) is 6.42 Å². The van der Waals surface area contributed by atoms with E-state index < -0.39 is 0 Å². The molecule has 0 unspecified atom stereocenters. The van der Waals surface area contributed by atoms with Gasteiger partial charge in [-0.25, -0.2) is 4.39 Å². The molecule has 1 saturated heterocycles. The molecule has 1 fully saturated rings. The van der Waals surface area contributed by atoms with E-state index in [1.165, 1.54) is 5.56 Å². The van der Waals surface area contributed by atoms with Gasteiger partial charge in [-0.05, 0) is 62.2 Å². The number of methoxy groups -OCH3 is 1. The predicted octanol–water partition coefficient (Wildman–Crippen LogP) is 4.49. The molecule has 1 N–H and O–H groups in total. The molecule has 0 saturated carbocycles. The van der Waals surface area contributed by atoms with E-state index in [1.807, 2.05) is 31.3 Å². The Morgan fingerprint density at radius 1 is 1.11 bits per heavy atom. The van der Waals surface area contributed by atoms with Crippen LogP contribution in [0, 0.1) is 0 Å². The number of allylic oxidation sites excluding steroid dienone is 1. The third kappa shape index (κ3) is 3.71. The number of halogens is 1. The second kappa shape index (κ2) is 8.46. The Hall–Kier alpha value is -2.17. The largest absolute Gasteiger partial charge is 0.496 e. The maximum Gasteiger partial charge on any atom is 0.134 e. The highest BCUT2D eigenvalue weighted by atomic mass is 19.1. The van der Waals surface area contributed by atoms with Crippen LogP contribution < -0.4 is 10.1 Å². The first-order valence-corrected chi connectivity index (χ1v) is 10.2. The Bertz CT molecular complexity index is 869. The molecule has 0 amide bonds. The van der Waals surface area contributed by atoms with E-state index >= 15 is 4.39 Å². The summed E-state index contributed by atoms with van der Waals surface area (Å²) in [6, 6.07) is 14.1. The molecule has 1 aliphatic heterocycles. The summed E-state index contributed by atoms with van der Waals surface area (Å²) in [5, 5.41) is 3.22. The van der Waals surface area contributed by atoms with Crippen LogP contribution in [0.5, 0.6) is 5.75 Å². The van der Waals surface area contributed by atoms with Crippen LogP contribution in [0.25, 0.3) is 11.4 Å². The van der Waals surface area contributed by atoms with Crippen molar-refractivity contribution < 1.29 is 9.13 Å². The van der Waals surface area contributed by atoms with E-state index in [1.54, 1.807) is 7.11 Å². The van der Waals surface area contributed by atoms with Crippen molar-refractivity contribution in [2.45, 2.75) is 25.2 Å². The van der Waals surface area contributed by atoms with Gasteiger partial charge in [0.15, 0.2) is 0 Å². The number of rotatable bonds is 6. The SMILES string of the molecule is CNCCN1CCC(c2ccc3c(c2)C(F)=C(c2ccccc2OC)C3)CC1. The van der Waals surface area contributed by atoms with Gasteiger partial charge >= 0.3 is 0 Å². The molecule has 1 heterocycles. The van der Waals surface area contributed by atoms with E-state index in [0.717, 1.165) is 67.0 Å². The molecule has 0 spiro atoms. The summed E-state index contributed by atoms with van der Waals surface area (Å²) in [6.45, 7) is 4.38. The number of likely N-dealkylation sites (tertiary alicyclic amines) is 1. The quantitative estimate of drug-likeness (QED) is 0.799. The number of hydrogen-bond donors (Lipinski definition) is 1. The Balaban J connectivity index is 1.54. The molecule has 0 bridgehead atoms. The molecule has 0 aromatic heterocycles. The second-order valence-electron chi connectivity index (χ2n) is 7.81. The van der Waals surface area contributed by atoms with Crippen LogP contribution in [0.4, 0.5) is 4.39 Å². The molecule has 0 radical (unpaired) electrons. The van der Waals surface area contributed by atoms with Crippen molar-refractivity contribution >= 4 is 11.4 Å². The summed E-state index contributed by atoms with van der Waals surface area (Å²) in [5.74, 6) is 1.17. The first kappa shape index (κ1) is 19.2. The lowest BCUT2D eigenvalue weighted by Gasteiger charge is -2.32. The number of hydrogen-bond acceptors (Lipinski definition) is 3. The van der Waals surface area contributed by atoms with E-state index in [4.69, 9.17) is 4.74 Å². The normalized spacial score (nSPS) is 17.8. The number of piperidine rings is 1. The number of ether oxygens (including phenoxy) is 1. The van der Waals surface area contributed by atoms with Crippen LogP contribution >= 0.6 is 0 Å². The minimum atomic E-state index is -0.0900. The van der Waals surface area contributed by atoms with Gasteiger partial charge in [0.05, 0.1) is 7.11 Å². The fourth-order valence-electron chi connectivity index (χ4n) is 4.50. The third-order valence-electron chi connectivity index (χ3n) is 6.17. The van der Waals surface area contributed by atoms with Crippen molar-refractivity contribution in [3.63, 3.8) is 0 Å². The molecule has 148 valence electrons. The molecule has 4 heteroatoms. The molecule has 2 aliphatic rings. The maximum atomic E-state index is 15.3. The number of fused-ring (bicyclic) bond motifs is 1. The van der Waals surface area contributed by atoms with Crippen molar-refractivity contribution in [3.8, 4) is 5.75 Å². The zero-order valence-corrected chi connectivity index (χ0v) is 16.8. The lowest BCUT2D eigenvalue weighted by atomic mass is 9.88. The van der Waals surface area contributed by atoms with Gasteiger partial charge in [0, 0.05) is 36.2 Å². The molecular weight excluding hydrogens is 351 g/mol. The number of benzene rings is 2. The van der Waals surface area contributed by atoms with E-state index in [0.29, 0.717) is 12.3 Å². The lowest BCUT2D eigenvalue weighted by Crippen LogP contribution is -2.37. The molecule has 2 aromatic rings. The summed E-state index contributed by atoms with van der Waals surface area (Å²) >= 11 is 0. The zero-order valence-electron chi connectivity index (χ0n) is 16.8. The van der Waals surface area contributed by atoms with Crippen molar-refractivity contribution in [3.05, 3.63) is 64.7 Å². The summed E-state index contributed by atoms with van der Waals surface area (Å²) < 4.78 is 20.8. The lowest BCUT2D eigenvalue weighted by molar-refractivity contribution is 0.214. The van der Waals surface area contributed by atoms with Crippen LogP contribution in [0.2, 0.25) is 0 Å². The third-order valence-corrected chi connectivity index (χ3v) is 6.17. The molecular formula is C24H29FN2O. The van der Waals surface area contributed by atoms with Crippen molar-refractivity contribution in [2.24, 2.45) is 0 Å². The molecule has 0 atom stereocenters. The predicted molar refractivity (Wildman–Crippen MR) is 113 cm³/mol. The molecule has 2 aromatic carbocycles. The Labute approximate surface area is 167 Å². The van der Waals surface area contributed by atoms with Crippen molar-refractivity contribution in [2.75, 3.05) is 40.3 Å². The van der Waals surface area contributed by atoms with Crippen LogP contribution in [0.3, 0.4) is 0 Å². The van der Waals surface area contributed by atoms with Gasteiger partial charge in [-0.2, -0.15) is 0 Å². The zero-order chi connectivity index (χ0) is 19.5.